The Morgan fingerprint density at radius 1 is 0.327 bits per heavy atom. The Balaban J connectivity index is 1.64. The molecule has 9 rings (SSSR count). The summed E-state index contributed by atoms with van der Waals surface area (Å²) in [5, 5.41) is 12.9. The molecule has 0 saturated carbocycles. The highest BCUT2D eigenvalue weighted by Crippen LogP contribution is 2.53. The summed E-state index contributed by atoms with van der Waals surface area (Å²) in [4.78, 5) is 0. The second-order valence-electron chi connectivity index (χ2n) is 14.2. The van der Waals surface area contributed by atoms with E-state index in [0.29, 0.717) is 0 Å². The lowest BCUT2D eigenvalue weighted by Crippen LogP contribution is -2.04. The van der Waals surface area contributed by atoms with Crippen molar-refractivity contribution in [1.82, 2.24) is 0 Å². The molecule has 0 amide bonds. The first-order chi connectivity index (χ1) is 23.7. The third-order valence-electron chi connectivity index (χ3n) is 12.1. The van der Waals surface area contributed by atoms with Crippen molar-refractivity contribution in [3.05, 3.63) is 142 Å². The van der Waals surface area contributed by atoms with Crippen molar-refractivity contribution in [2.75, 3.05) is 0 Å². The number of aryl methyl sites for hydroxylation is 4. The molecule has 0 bridgehead atoms. The zero-order chi connectivity index (χ0) is 33.9. The molecule has 0 N–H and O–H groups in total. The second-order valence-corrected chi connectivity index (χ2v) is 14.2. The van der Waals surface area contributed by atoms with Crippen LogP contribution in [0.3, 0.4) is 0 Å². The van der Waals surface area contributed by atoms with E-state index in [-0.39, 0.29) is 0 Å². The van der Waals surface area contributed by atoms with Crippen LogP contribution in [-0.4, -0.2) is 0 Å². The molecule has 0 radical (unpaired) electrons. The molecule has 1 heterocycles. The van der Waals surface area contributed by atoms with Gasteiger partial charge in [-0.05, 0) is 183 Å². The van der Waals surface area contributed by atoms with Crippen LogP contribution in [0.5, 0.6) is 0 Å². The molecule has 0 atom stereocenters. The first-order valence-corrected chi connectivity index (χ1v) is 17.5. The Labute approximate surface area is 287 Å². The summed E-state index contributed by atoms with van der Waals surface area (Å²) in [6, 6.07) is 35.5. The van der Waals surface area contributed by atoms with Gasteiger partial charge in [-0.2, -0.15) is 0 Å². The topological polar surface area (TPSA) is 13.1 Å². The quantitative estimate of drug-likeness (QED) is 0.136. The maximum atomic E-state index is 6.51. The normalized spacial score (nSPS) is 12.1. The van der Waals surface area contributed by atoms with Crippen LogP contribution in [0.2, 0.25) is 0 Å². The van der Waals surface area contributed by atoms with Gasteiger partial charge in [0.15, 0.2) is 0 Å². The molecule has 8 aromatic carbocycles. The van der Waals surface area contributed by atoms with Crippen molar-refractivity contribution >= 4 is 65.0 Å². The molecular formula is C48H40O. The molecule has 0 saturated heterocycles. The van der Waals surface area contributed by atoms with Crippen molar-refractivity contribution in [3.63, 3.8) is 0 Å². The van der Waals surface area contributed by atoms with E-state index in [2.05, 4.69) is 152 Å². The van der Waals surface area contributed by atoms with E-state index in [4.69, 9.17) is 4.42 Å². The van der Waals surface area contributed by atoms with Crippen molar-refractivity contribution in [3.8, 4) is 22.3 Å². The van der Waals surface area contributed by atoms with Crippen LogP contribution in [0.15, 0.2) is 101 Å². The van der Waals surface area contributed by atoms with Crippen LogP contribution in [0.4, 0.5) is 0 Å². The molecule has 0 aliphatic heterocycles. The summed E-state index contributed by atoms with van der Waals surface area (Å²) >= 11 is 0. The standard InChI is InChI=1S/C48H40O/c1-25-27(3)31(7)44-42(29(25)5)47(38-21-15-23-41-46(38)37-20-13-14-22-40(37)49-41)43-30(6)26(2)28(4)32(8)45(43)48(44)39-24-33-16-9-10-17-34(33)35-18-11-12-19-36(35)39/h9-24H,1-8H3. The molecular weight excluding hydrogens is 593 g/mol. The van der Waals surface area contributed by atoms with Gasteiger partial charge in [0.1, 0.15) is 11.2 Å². The molecule has 1 aromatic heterocycles. The van der Waals surface area contributed by atoms with Gasteiger partial charge in [-0.3, -0.25) is 0 Å². The lowest BCUT2D eigenvalue weighted by atomic mass is 9.75. The second kappa shape index (κ2) is 10.5. The summed E-state index contributed by atoms with van der Waals surface area (Å²) in [5.74, 6) is 0. The molecule has 0 unspecified atom stereocenters. The molecule has 49 heavy (non-hydrogen) atoms. The Hall–Kier alpha value is -5.40. The number of benzene rings is 8. The Kier molecular flexibility index (Phi) is 6.40. The number of hydrogen-bond donors (Lipinski definition) is 0. The van der Waals surface area contributed by atoms with E-state index in [0.717, 1.165) is 16.6 Å². The van der Waals surface area contributed by atoms with Gasteiger partial charge < -0.3 is 4.42 Å². The summed E-state index contributed by atoms with van der Waals surface area (Å²) in [5.41, 5.74) is 17.9. The van der Waals surface area contributed by atoms with E-state index in [1.807, 2.05) is 0 Å². The largest absolute Gasteiger partial charge is 0.456 e. The zero-order valence-corrected chi connectivity index (χ0v) is 29.6. The fraction of sp³-hybridized carbons (Fsp3) is 0.167. The van der Waals surface area contributed by atoms with Crippen LogP contribution in [0.1, 0.15) is 44.5 Å². The third kappa shape index (κ3) is 3.93. The molecule has 0 fully saturated rings. The number of rotatable bonds is 2. The van der Waals surface area contributed by atoms with Crippen molar-refractivity contribution in [2.45, 2.75) is 55.4 Å². The first-order valence-electron chi connectivity index (χ1n) is 17.5. The number of para-hydroxylation sites is 1. The zero-order valence-electron chi connectivity index (χ0n) is 29.6. The SMILES string of the molecule is Cc1c(C)c(C)c2c(-c3cccc4oc5ccccc5c34)c3c(C)c(C)c(C)c(C)c3c(-c3cc4ccccc4c4ccccc34)c2c1C. The molecule has 1 nitrogen and oxygen atoms in total. The highest BCUT2D eigenvalue weighted by atomic mass is 16.3. The van der Waals surface area contributed by atoms with E-state index in [1.54, 1.807) is 0 Å². The van der Waals surface area contributed by atoms with Crippen molar-refractivity contribution in [2.24, 2.45) is 0 Å². The van der Waals surface area contributed by atoms with Gasteiger partial charge in [0.25, 0.3) is 0 Å². The Morgan fingerprint density at radius 3 is 1.37 bits per heavy atom. The molecule has 0 aliphatic rings. The van der Waals surface area contributed by atoms with Gasteiger partial charge in [-0.25, -0.2) is 0 Å². The van der Waals surface area contributed by atoms with Gasteiger partial charge in [-0.15, -0.1) is 0 Å². The average molecular weight is 633 g/mol. The molecule has 0 spiro atoms. The van der Waals surface area contributed by atoms with Gasteiger partial charge in [0.05, 0.1) is 0 Å². The van der Waals surface area contributed by atoms with Gasteiger partial charge in [-0.1, -0.05) is 78.9 Å². The van der Waals surface area contributed by atoms with E-state index in [9.17, 15) is 0 Å². The molecule has 9 aromatic rings. The third-order valence-corrected chi connectivity index (χ3v) is 12.1. The van der Waals surface area contributed by atoms with Crippen LogP contribution in [0, 0.1) is 55.4 Å². The fourth-order valence-electron chi connectivity index (χ4n) is 8.91. The number of furan rings is 1. The van der Waals surface area contributed by atoms with Crippen LogP contribution >= 0.6 is 0 Å². The molecule has 0 aliphatic carbocycles. The lowest BCUT2D eigenvalue weighted by Gasteiger charge is -2.28. The summed E-state index contributed by atoms with van der Waals surface area (Å²) in [6.07, 6.45) is 0. The maximum absolute atomic E-state index is 6.51. The summed E-state index contributed by atoms with van der Waals surface area (Å²) in [7, 11) is 0. The van der Waals surface area contributed by atoms with E-state index >= 15 is 0 Å². The average Bonchev–Trinajstić information content (AvgIpc) is 3.52. The van der Waals surface area contributed by atoms with Crippen molar-refractivity contribution in [1.29, 1.82) is 0 Å². The monoisotopic (exact) mass is 632 g/mol. The predicted molar refractivity (Wildman–Crippen MR) is 213 cm³/mol. The fourth-order valence-corrected chi connectivity index (χ4v) is 8.91. The summed E-state index contributed by atoms with van der Waals surface area (Å²) in [6.45, 7) is 18.6. The predicted octanol–water partition coefficient (Wildman–Crippen LogP) is 14.0. The van der Waals surface area contributed by atoms with Crippen molar-refractivity contribution < 1.29 is 4.42 Å². The molecule has 1 heteroatoms. The van der Waals surface area contributed by atoms with Gasteiger partial charge in [0.2, 0.25) is 0 Å². The first kappa shape index (κ1) is 29.7. The lowest BCUT2D eigenvalue weighted by molar-refractivity contribution is 0.669. The smallest absolute Gasteiger partial charge is 0.136 e. The maximum Gasteiger partial charge on any atom is 0.136 e. The minimum atomic E-state index is 0.928. The van der Waals surface area contributed by atoms with E-state index < -0.39 is 0 Å². The number of fused-ring (bicyclic) bond motifs is 8. The summed E-state index contributed by atoms with van der Waals surface area (Å²) < 4.78 is 6.51. The Bertz CT molecular complexity index is 2810. The van der Waals surface area contributed by atoms with Crippen LogP contribution in [0.25, 0.3) is 87.3 Å². The minimum absolute atomic E-state index is 0.928. The highest BCUT2D eigenvalue weighted by molar-refractivity contribution is 6.30. The van der Waals surface area contributed by atoms with Gasteiger partial charge >= 0.3 is 0 Å². The highest BCUT2D eigenvalue weighted by Gasteiger charge is 2.28. The van der Waals surface area contributed by atoms with E-state index in [1.165, 1.54) is 115 Å². The van der Waals surface area contributed by atoms with Crippen LogP contribution < -0.4 is 0 Å². The minimum Gasteiger partial charge on any atom is -0.456 e. The van der Waals surface area contributed by atoms with Crippen LogP contribution in [-0.2, 0) is 0 Å². The number of hydrogen-bond acceptors (Lipinski definition) is 1. The Morgan fingerprint density at radius 2 is 0.776 bits per heavy atom. The van der Waals surface area contributed by atoms with Gasteiger partial charge in [0, 0.05) is 10.8 Å². The molecule has 238 valence electrons.